The standard InChI is InChI=1S/C11H14F4N2O/c12-10(13)11(14,15)6-18-9-2-1-7(4-16)8(3-9)5-17/h1-3,10H,4-6,16-17H2. The minimum Gasteiger partial charge on any atom is -0.487 e. The van der Waals surface area contributed by atoms with Crippen molar-refractivity contribution in [3.8, 4) is 5.75 Å². The smallest absolute Gasteiger partial charge is 0.340 e. The summed E-state index contributed by atoms with van der Waals surface area (Å²) in [6, 6.07) is 4.38. The van der Waals surface area contributed by atoms with Gasteiger partial charge in [0.15, 0.2) is 6.61 Å². The van der Waals surface area contributed by atoms with Crippen LogP contribution in [0.2, 0.25) is 0 Å². The fourth-order valence-corrected chi connectivity index (χ4v) is 1.32. The molecule has 1 aromatic rings. The lowest BCUT2D eigenvalue weighted by Crippen LogP contribution is -2.33. The molecule has 0 aliphatic rings. The fourth-order valence-electron chi connectivity index (χ4n) is 1.32. The van der Waals surface area contributed by atoms with Gasteiger partial charge in [0.1, 0.15) is 5.75 Å². The third-order valence-corrected chi connectivity index (χ3v) is 2.37. The highest BCUT2D eigenvalue weighted by atomic mass is 19.3. The number of halogens is 4. The van der Waals surface area contributed by atoms with Gasteiger partial charge in [-0.1, -0.05) is 6.07 Å². The number of hydrogen-bond acceptors (Lipinski definition) is 3. The van der Waals surface area contributed by atoms with Crippen molar-refractivity contribution < 1.29 is 22.3 Å². The predicted molar refractivity (Wildman–Crippen MR) is 58.7 cm³/mol. The number of alkyl halides is 4. The summed E-state index contributed by atoms with van der Waals surface area (Å²) in [6.45, 7) is -0.967. The molecule has 0 aromatic heterocycles. The Morgan fingerprint density at radius 2 is 1.72 bits per heavy atom. The van der Waals surface area contributed by atoms with Crippen LogP contribution in [0.3, 0.4) is 0 Å². The van der Waals surface area contributed by atoms with Crippen LogP contribution in [0.1, 0.15) is 11.1 Å². The van der Waals surface area contributed by atoms with Crippen molar-refractivity contribution in [3.63, 3.8) is 0 Å². The third-order valence-electron chi connectivity index (χ3n) is 2.37. The van der Waals surface area contributed by atoms with E-state index < -0.39 is 19.0 Å². The van der Waals surface area contributed by atoms with Gasteiger partial charge in [-0.15, -0.1) is 0 Å². The van der Waals surface area contributed by atoms with Crippen LogP contribution in [0.15, 0.2) is 18.2 Å². The monoisotopic (exact) mass is 266 g/mol. The Hall–Kier alpha value is -1.34. The van der Waals surface area contributed by atoms with Crippen LogP contribution in [0.4, 0.5) is 17.6 Å². The van der Waals surface area contributed by atoms with E-state index in [0.29, 0.717) is 5.56 Å². The summed E-state index contributed by atoms with van der Waals surface area (Å²) < 4.78 is 53.8. The van der Waals surface area contributed by atoms with Crippen LogP contribution >= 0.6 is 0 Å². The van der Waals surface area contributed by atoms with E-state index in [9.17, 15) is 17.6 Å². The minimum absolute atomic E-state index is 0.0629. The van der Waals surface area contributed by atoms with Crippen LogP contribution in [0.25, 0.3) is 0 Å². The molecule has 1 aromatic carbocycles. The highest BCUT2D eigenvalue weighted by molar-refractivity contribution is 5.35. The zero-order chi connectivity index (χ0) is 13.8. The Morgan fingerprint density at radius 1 is 1.11 bits per heavy atom. The first-order valence-corrected chi connectivity index (χ1v) is 5.21. The van der Waals surface area contributed by atoms with E-state index in [1.54, 1.807) is 6.07 Å². The van der Waals surface area contributed by atoms with E-state index in [1.807, 2.05) is 0 Å². The zero-order valence-corrected chi connectivity index (χ0v) is 9.51. The lowest BCUT2D eigenvalue weighted by atomic mass is 10.1. The second-order valence-electron chi connectivity index (χ2n) is 3.69. The van der Waals surface area contributed by atoms with E-state index >= 15 is 0 Å². The molecule has 0 unspecified atom stereocenters. The fraction of sp³-hybridized carbons (Fsp3) is 0.455. The van der Waals surface area contributed by atoms with Gasteiger partial charge in [0.2, 0.25) is 0 Å². The Labute approximate surface area is 102 Å². The van der Waals surface area contributed by atoms with Crippen molar-refractivity contribution in [1.82, 2.24) is 0 Å². The lowest BCUT2D eigenvalue weighted by molar-refractivity contribution is -0.148. The van der Waals surface area contributed by atoms with Crippen LogP contribution < -0.4 is 16.2 Å². The maximum atomic E-state index is 12.6. The summed E-state index contributed by atoms with van der Waals surface area (Å²) in [5.41, 5.74) is 12.3. The Kier molecular flexibility index (Phi) is 4.92. The SMILES string of the molecule is NCc1ccc(OCC(F)(F)C(F)F)cc1CN. The number of benzene rings is 1. The van der Waals surface area contributed by atoms with Crippen LogP contribution in [0.5, 0.6) is 5.75 Å². The van der Waals surface area contributed by atoms with Crippen LogP contribution in [-0.2, 0) is 13.1 Å². The Balaban J connectivity index is 2.74. The van der Waals surface area contributed by atoms with Gasteiger partial charge in [-0.2, -0.15) is 8.78 Å². The van der Waals surface area contributed by atoms with Crippen molar-refractivity contribution >= 4 is 0 Å². The van der Waals surface area contributed by atoms with E-state index in [0.717, 1.165) is 5.56 Å². The molecule has 0 atom stereocenters. The molecule has 1 rings (SSSR count). The first-order chi connectivity index (χ1) is 8.40. The third kappa shape index (κ3) is 3.58. The number of rotatable bonds is 6. The molecule has 0 fully saturated rings. The molecule has 0 aliphatic heterocycles. The highest BCUT2D eigenvalue weighted by Crippen LogP contribution is 2.25. The summed E-state index contributed by atoms with van der Waals surface area (Å²) in [4.78, 5) is 0. The first-order valence-electron chi connectivity index (χ1n) is 5.21. The number of hydrogen-bond donors (Lipinski definition) is 2. The van der Waals surface area contributed by atoms with Crippen molar-refractivity contribution in [3.05, 3.63) is 29.3 Å². The molecular weight excluding hydrogens is 252 g/mol. The Bertz CT molecular complexity index is 399. The van der Waals surface area contributed by atoms with Crippen LogP contribution in [-0.4, -0.2) is 19.0 Å². The molecule has 0 spiro atoms. The van der Waals surface area contributed by atoms with Crippen LogP contribution in [0, 0.1) is 0 Å². The summed E-state index contributed by atoms with van der Waals surface area (Å²) in [7, 11) is 0. The van der Waals surface area contributed by atoms with E-state index in [4.69, 9.17) is 11.5 Å². The van der Waals surface area contributed by atoms with Gasteiger partial charge in [0, 0.05) is 13.1 Å². The Morgan fingerprint density at radius 3 is 2.22 bits per heavy atom. The van der Waals surface area contributed by atoms with E-state index in [1.165, 1.54) is 12.1 Å². The summed E-state index contributed by atoms with van der Waals surface area (Å²) >= 11 is 0. The second kappa shape index (κ2) is 6.01. The van der Waals surface area contributed by atoms with Gasteiger partial charge in [-0.3, -0.25) is 0 Å². The minimum atomic E-state index is -4.17. The van der Waals surface area contributed by atoms with Crippen molar-refractivity contribution in [2.75, 3.05) is 6.61 Å². The second-order valence-corrected chi connectivity index (χ2v) is 3.69. The summed E-state index contributed by atoms with van der Waals surface area (Å²) in [6.07, 6.45) is -3.75. The largest absolute Gasteiger partial charge is 0.487 e. The molecule has 0 aliphatic carbocycles. The molecule has 0 saturated heterocycles. The van der Waals surface area contributed by atoms with Crippen molar-refractivity contribution in [1.29, 1.82) is 0 Å². The highest BCUT2D eigenvalue weighted by Gasteiger charge is 2.41. The molecule has 0 amide bonds. The predicted octanol–water partition coefficient (Wildman–Crippen LogP) is 1.88. The quantitative estimate of drug-likeness (QED) is 0.773. The molecular formula is C11H14F4N2O. The molecule has 4 N–H and O–H groups in total. The maximum Gasteiger partial charge on any atom is 0.340 e. The maximum absolute atomic E-state index is 12.6. The van der Waals surface area contributed by atoms with Gasteiger partial charge in [-0.05, 0) is 23.3 Å². The normalized spacial score (nSPS) is 11.9. The number of nitrogens with two attached hydrogens (primary N) is 2. The summed E-state index contributed by atoms with van der Waals surface area (Å²) in [5, 5.41) is 0. The first kappa shape index (κ1) is 14.7. The van der Waals surface area contributed by atoms with Gasteiger partial charge in [0.05, 0.1) is 0 Å². The topological polar surface area (TPSA) is 61.3 Å². The molecule has 0 bridgehead atoms. The summed E-state index contributed by atoms with van der Waals surface area (Å²) in [5.74, 6) is -4.11. The zero-order valence-electron chi connectivity index (χ0n) is 9.51. The molecule has 0 saturated carbocycles. The van der Waals surface area contributed by atoms with Gasteiger partial charge in [-0.25, -0.2) is 8.78 Å². The molecule has 7 heteroatoms. The lowest BCUT2D eigenvalue weighted by Gasteiger charge is -2.16. The van der Waals surface area contributed by atoms with Gasteiger partial charge in [0.25, 0.3) is 0 Å². The molecule has 3 nitrogen and oxygen atoms in total. The van der Waals surface area contributed by atoms with Crippen molar-refractivity contribution in [2.24, 2.45) is 11.5 Å². The molecule has 18 heavy (non-hydrogen) atoms. The molecule has 102 valence electrons. The molecule has 0 heterocycles. The van der Waals surface area contributed by atoms with Crippen molar-refractivity contribution in [2.45, 2.75) is 25.4 Å². The average molecular weight is 266 g/mol. The van der Waals surface area contributed by atoms with Gasteiger partial charge >= 0.3 is 12.3 Å². The van der Waals surface area contributed by atoms with Gasteiger partial charge < -0.3 is 16.2 Å². The molecule has 0 radical (unpaired) electrons. The van der Waals surface area contributed by atoms with E-state index in [2.05, 4.69) is 4.74 Å². The number of ether oxygens (including phenoxy) is 1. The van der Waals surface area contributed by atoms with E-state index in [-0.39, 0.29) is 18.8 Å². The average Bonchev–Trinajstić information content (AvgIpc) is 2.35.